The molecule has 138 valence electrons. The summed E-state index contributed by atoms with van der Waals surface area (Å²) in [5.41, 5.74) is -1.69. The summed E-state index contributed by atoms with van der Waals surface area (Å²) in [5.74, 6) is 1.10. The van der Waals surface area contributed by atoms with E-state index in [1.54, 1.807) is 0 Å². The molecule has 2 saturated heterocycles. The number of hydrogen-bond donors (Lipinski definition) is 1. The van der Waals surface area contributed by atoms with Gasteiger partial charge in [-0.25, -0.2) is 4.79 Å². The van der Waals surface area contributed by atoms with E-state index >= 15 is 0 Å². The molecule has 3 aliphatic rings. The molecule has 0 spiro atoms. The van der Waals surface area contributed by atoms with Crippen LogP contribution >= 0.6 is 22.7 Å². The average molecular weight is 391 g/mol. The number of thiophene rings is 2. The van der Waals surface area contributed by atoms with E-state index in [2.05, 4.69) is 14.1 Å². The third kappa shape index (κ3) is 2.29. The standard InChI is InChI=1S/C20H24NO3S2/c1-21(2)15-9-12(10-16(21)14-11-13(14)15)24-19(22)20(23,17-5-3-7-25-17)18-6-4-8-26-18/h3-8,12-16,23H,9-11H2,1-2H3/q+1. The Morgan fingerprint density at radius 1 is 1.08 bits per heavy atom. The highest BCUT2D eigenvalue weighted by Gasteiger charge is 2.68. The zero-order valence-corrected chi connectivity index (χ0v) is 16.6. The summed E-state index contributed by atoms with van der Waals surface area (Å²) in [4.78, 5) is 14.4. The lowest BCUT2D eigenvalue weighted by atomic mass is 9.92. The van der Waals surface area contributed by atoms with Crippen LogP contribution in [0.1, 0.15) is 29.0 Å². The van der Waals surface area contributed by atoms with Crippen LogP contribution < -0.4 is 0 Å². The highest BCUT2D eigenvalue weighted by molar-refractivity contribution is 7.12. The van der Waals surface area contributed by atoms with E-state index in [0.29, 0.717) is 21.8 Å². The summed E-state index contributed by atoms with van der Waals surface area (Å²) in [6.07, 6.45) is 3.11. The van der Waals surface area contributed by atoms with Crippen molar-refractivity contribution in [3.63, 3.8) is 0 Å². The van der Waals surface area contributed by atoms with Gasteiger partial charge in [-0.15, -0.1) is 22.7 Å². The Kier molecular flexibility index (Phi) is 3.67. The molecule has 5 rings (SSSR count). The third-order valence-electron chi connectivity index (χ3n) is 6.92. The number of fused-ring (bicyclic) bond motifs is 5. The van der Waals surface area contributed by atoms with Crippen molar-refractivity contribution in [2.24, 2.45) is 11.8 Å². The molecule has 4 nitrogen and oxygen atoms in total. The first-order valence-corrected chi connectivity index (χ1v) is 11.0. The number of carbonyl (C=O) groups is 1. The molecule has 3 fully saturated rings. The van der Waals surface area contributed by atoms with Crippen LogP contribution in [0.15, 0.2) is 35.0 Å². The predicted octanol–water partition coefficient (Wildman–Crippen LogP) is 3.21. The second-order valence-corrected chi connectivity index (χ2v) is 10.4. The molecule has 2 aromatic rings. The Hall–Kier alpha value is -1.21. The van der Waals surface area contributed by atoms with Gasteiger partial charge in [0.1, 0.15) is 6.10 Å². The minimum absolute atomic E-state index is 0.0806. The highest BCUT2D eigenvalue weighted by Crippen LogP contribution is 2.61. The minimum atomic E-state index is -1.69. The number of aliphatic hydroxyl groups is 1. The number of piperidine rings is 2. The van der Waals surface area contributed by atoms with E-state index < -0.39 is 11.6 Å². The molecule has 1 N–H and O–H groups in total. The molecule has 1 saturated carbocycles. The molecule has 2 bridgehead atoms. The van der Waals surface area contributed by atoms with Gasteiger partial charge in [0.25, 0.3) is 0 Å². The maximum absolute atomic E-state index is 13.2. The number of ether oxygens (including phenoxy) is 1. The quantitative estimate of drug-likeness (QED) is 0.644. The highest BCUT2D eigenvalue weighted by atomic mass is 32.1. The summed E-state index contributed by atoms with van der Waals surface area (Å²) in [7, 11) is 4.65. The van der Waals surface area contributed by atoms with E-state index in [9.17, 15) is 9.90 Å². The van der Waals surface area contributed by atoms with Gasteiger partial charge in [0.15, 0.2) is 0 Å². The van der Waals surface area contributed by atoms with Crippen molar-refractivity contribution in [3.05, 3.63) is 44.8 Å². The maximum atomic E-state index is 13.2. The minimum Gasteiger partial charge on any atom is -0.459 e. The van der Waals surface area contributed by atoms with E-state index in [1.807, 2.05) is 35.0 Å². The van der Waals surface area contributed by atoms with Gasteiger partial charge < -0.3 is 14.3 Å². The Balaban J connectivity index is 1.40. The Labute approximate surface area is 161 Å². The van der Waals surface area contributed by atoms with Crippen molar-refractivity contribution in [1.82, 2.24) is 0 Å². The van der Waals surface area contributed by atoms with Crippen LogP contribution in [0.4, 0.5) is 0 Å². The summed E-state index contributed by atoms with van der Waals surface area (Å²) < 4.78 is 7.03. The van der Waals surface area contributed by atoms with Gasteiger partial charge in [-0.2, -0.15) is 0 Å². The summed E-state index contributed by atoms with van der Waals surface area (Å²) in [6, 6.07) is 8.53. The number of quaternary nitrogens is 1. The van der Waals surface area contributed by atoms with Gasteiger partial charge in [-0.1, -0.05) is 12.1 Å². The Morgan fingerprint density at radius 3 is 2.08 bits per heavy atom. The van der Waals surface area contributed by atoms with Crippen molar-refractivity contribution >= 4 is 28.6 Å². The van der Waals surface area contributed by atoms with Crippen molar-refractivity contribution in [3.8, 4) is 0 Å². The molecule has 2 aromatic heterocycles. The van der Waals surface area contributed by atoms with Crippen LogP contribution in [0, 0.1) is 11.8 Å². The second-order valence-electron chi connectivity index (χ2n) is 8.49. The van der Waals surface area contributed by atoms with Gasteiger partial charge in [-0.05, 0) is 29.3 Å². The lowest BCUT2D eigenvalue weighted by molar-refractivity contribution is -0.937. The molecular weight excluding hydrogens is 366 g/mol. The van der Waals surface area contributed by atoms with Crippen molar-refractivity contribution in [2.45, 2.75) is 43.1 Å². The zero-order chi connectivity index (χ0) is 18.1. The van der Waals surface area contributed by atoms with E-state index in [4.69, 9.17) is 4.74 Å². The second kappa shape index (κ2) is 5.64. The molecule has 0 radical (unpaired) electrons. The van der Waals surface area contributed by atoms with Crippen molar-refractivity contribution in [2.75, 3.05) is 14.1 Å². The molecule has 4 heterocycles. The summed E-state index contributed by atoms with van der Waals surface area (Å²) >= 11 is 2.78. The van der Waals surface area contributed by atoms with Gasteiger partial charge in [-0.3, -0.25) is 0 Å². The maximum Gasteiger partial charge on any atom is 0.349 e. The number of nitrogens with zero attached hydrogens (tertiary/aromatic N) is 1. The van der Waals surface area contributed by atoms with Gasteiger partial charge >= 0.3 is 5.97 Å². The van der Waals surface area contributed by atoms with Crippen molar-refractivity contribution in [1.29, 1.82) is 0 Å². The molecule has 0 aromatic carbocycles. The number of hydrogen-bond acceptors (Lipinski definition) is 5. The molecule has 2 aliphatic heterocycles. The SMILES string of the molecule is C[N+]1(C)C2CC(OC(=O)C(O)(c3cccs3)c3cccs3)CC1C1CC12. The van der Waals surface area contributed by atoms with Crippen LogP contribution in [0.5, 0.6) is 0 Å². The fourth-order valence-electron chi connectivity index (χ4n) is 5.51. The van der Waals surface area contributed by atoms with Crippen LogP contribution in [0.25, 0.3) is 0 Å². The summed E-state index contributed by atoms with van der Waals surface area (Å²) in [6.45, 7) is 0. The number of carbonyl (C=O) groups excluding carboxylic acids is 1. The summed E-state index contributed by atoms with van der Waals surface area (Å²) in [5, 5.41) is 15.2. The van der Waals surface area contributed by atoms with E-state index in [0.717, 1.165) is 29.2 Å². The van der Waals surface area contributed by atoms with Crippen LogP contribution in [-0.4, -0.2) is 47.8 Å². The molecule has 6 heteroatoms. The molecule has 1 aliphatic carbocycles. The molecular formula is C20H24NO3S2+. The normalized spacial score (nSPS) is 34.3. The topological polar surface area (TPSA) is 46.5 Å². The molecule has 26 heavy (non-hydrogen) atoms. The van der Waals surface area contributed by atoms with E-state index in [1.165, 1.54) is 29.1 Å². The molecule has 4 atom stereocenters. The molecule has 4 unspecified atom stereocenters. The Morgan fingerprint density at radius 2 is 1.62 bits per heavy atom. The van der Waals surface area contributed by atoms with E-state index in [-0.39, 0.29) is 6.10 Å². The van der Waals surface area contributed by atoms with Gasteiger partial charge in [0.2, 0.25) is 5.60 Å². The van der Waals surface area contributed by atoms with Crippen LogP contribution in [0.2, 0.25) is 0 Å². The smallest absolute Gasteiger partial charge is 0.349 e. The third-order valence-corrected chi connectivity index (χ3v) is 8.88. The predicted molar refractivity (Wildman–Crippen MR) is 102 cm³/mol. The monoisotopic (exact) mass is 390 g/mol. The van der Waals surface area contributed by atoms with Crippen LogP contribution in [-0.2, 0) is 15.1 Å². The lowest BCUT2D eigenvalue weighted by Gasteiger charge is -2.46. The fourth-order valence-corrected chi connectivity index (χ4v) is 7.22. The number of rotatable bonds is 4. The molecule has 0 amide bonds. The largest absolute Gasteiger partial charge is 0.459 e. The zero-order valence-electron chi connectivity index (χ0n) is 15.0. The van der Waals surface area contributed by atoms with Gasteiger partial charge in [0.05, 0.1) is 35.9 Å². The lowest BCUT2D eigenvalue weighted by Crippen LogP contribution is -2.59. The first kappa shape index (κ1) is 16.9. The average Bonchev–Trinajstić information content (AvgIpc) is 2.98. The van der Waals surface area contributed by atoms with Crippen molar-refractivity contribution < 1.29 is 19.1 Å². The number of esters is 1. The fraction of sp³-hybridized carbons (Fsp3) is 0.550. The van der Waals surface area contributed by atoms with Gasteiger partial charge in [0, 0.05) is 24.7 Å². The van der Waals surface area contributed by atoms with Crippen LogP contribution in [0.3, 0.4) is 0 Å². The first-order chi connectivity index (χ1) is 12.4. The Bertz CT molecular complexity index is 760. The first-order valence-electron chi connectivity index (χ1n) is 9.27.